The number of benzene rings is 2. The van der Waals surface area contributed by atoms with Crippen LogP contribution in [0.4, 0.5) is 5.69 Å². The molecule has 1 heterocycles. The first-order valence-electron chi connectivity index (χ1n) is 9.91. The summed E-state index contributed by atoms with van der Waals surface area (Å²) in [6.45, 7) is 9.98. The Morgan fingerprint density at radius 3 is 2.59 bits per heavy atom. The lowest BCUT2D eigenvalue weighted by atomic mass is 9.88. The summed E-state index contributed by atoms with van der Waals surface area (Å²) in [5.41, 5.74) is 5.43. The van der Waals surface area contributed by atoms with Crippen molar-refractivity contribution in [3.63, 3.8) is 0 Å². The van der Waals surface area contributed by atoms with Crippen LogP contribution in [0.5, 0.6) is 0 Å². The third kappa shape index (κ3) is 4.41. The van der Waals surface area contributed by atoms with Crippen LogP contribution < -0.4 is 10.2 Å². The molecule has 1 aliphatic heterocycles. The minimum Gasteiger partial charge on any atom is -0.363 e. The molecule has 2 aromatic rings. The Hall–Kier alpha value is -3.32. The van der Waals surface area contributed by atoms with Gasteiger partial charge in [-0.3, -0.25) is 4.79 Å². The van der Waals surface area contributed by atoms with Crippen molar-refractivity contribution in [2.45, 2.75) is 39.8 Å². The molecular weight excluding hydrogens is 358 g/mol. The Morgan fingerprint density at radius 2 is 1.93 bits per heavy atom. The maximum atomic E-state index is 12.5. The van der Waals surface area contributed by atoms with Crippen LogP contribution in [0.15, 0.2) is 60.2 Å². The van der Waals surface area contributed by atoms with Gasteiger partial charge in [-0.05, 0) is 62.6 Å². The van der Waals surface area contributed by atoms with Crippen LogP contribution in [0.1, 0.15) is 44.4 Å². The van der Waals surface area contributed by atoms with Gasteiger partial charge in [-0.2, -0.15) is 5.26 Å². The van der Waals surface area contributed by atoms with E-state index in [4.69, 9.17) is 0 Å². The second kappa shape index (κ2) is 8.36. The molecule has 0 fully saturated rings. The van der Waals surface area contributed by atoms with E-state index in [0.29, 0.717) is 6.54 Å². The number of carbonyl (C=O) groups is 1. The van der Waals surface area contributed by atoms with E-state index >= 15 is 0 Å². The van der Waals surface area contributed by atoms with E-state index in [1.807, 2.05) is 42.5 Å². The highest BCUT2D eigenvalue weighted by molar-refractivity contribution is 6.01. The predicted molar refractivity (Wildman–Crippen MR) is 119 cm³/mol. The minimum atomic E-state index is -0.363. The van der Waals surface area contributed by atoms with Gasteiger partial charge >= 0.3 is 0 Å². The van der Waals surface area contributed by atoms with Gasteiger partial charge < -0.3 is 10.2 Å². The second-order valence-electron chi connectivity index (χ2n) is 7.84. The summed E-state index contributed by atoms with van der Waals surface area (Å²) in [6.07, 6.45) is 3.92. The van der Waals surface area contributed by atoms with Gasteiger partial charge in [0.2, 0.25) is 0 Å². The highest BCUT2D eigenvalue weighted by Gasteiger charge is 2.30. The Labute approximate surface area is 173 Å². The molecule has 0 aromatic heterocycles. The maximum absolute atomic E-state index is 12.5. The Kier molecular flexibility index (Phi) is 5.89. The summed E-state index contributed by atoms with van der Waals surface area (Å²) in [6, 6.07) is 17.8. The molecular formula is C25H27N3O. The van der Waals surface area contributed by atoms with Gasteiger partial charge in [0, 0.05) is 24.3 Å². The van der Waals surface area contributed by atoms with Gasteiger partial charge in [-0.15, -0.1) is 0 Å². The number of allylic oxidation sites excluding steroid dienone is 1. The topological polar surface area (TPSA) is 56.1 Å². The molecule has 0 spiro atoms. The third-order valence-electron chi connectivity index (χ3n) is 5.29. The molecule has 0 radical (unpaired) electrons. The van der Waals surface area contributed by atoms with Gasteiger partial charge in [-0.25, -0.2) is 0 Å². The molecule has 29 heavy (non-hydrogen) atoms. The van der Waals surface area contributed by atoms with Crippen LogP contribution in [-0.2, 0) is 11.3 Å². The van der Waals surface area contributed by atoms with E-state index in [1.54, 1.807) is 6.08 Å². The number of hydrogen-bond donors (Lipinski definition) is 1. The first-order chi connectivity index (χ1) is 13.9. The number of nitrogens with zero attached hydrogens (tertiary/aromatic N) is 2. The molecule has 1 amide bonds. The molecule has 0 bridgehead atoms. The van der Waals surface area contributed by atoms with Crippen molar-refractivity contribution in [3.8, 4) is 6.07 Å². The number of amides is 1. The Bertz CT molecular complexity index is 1010. The first-order valence-corrected chi connectivity index (χ1v) is 9.91. The predicted octanol–water partition coefficient (Wildman–Crippen LogP) is 4.93. The van der Waals surface area contributed by atoms with E-state index in [0.717, 1.165) is 23.2 Å². The van der Waals surface area contributed by atoms with Crippen molar-refractivity contribution in [2.24, 2.45) is 0 Å². The van der Waals surface area contributed by atoms with Crippen LogP contribution in [-0.4, -0.2) is 18.0 Å². The largest absolute Gasteiger partial charge is 0.363 e. The zero-order chi connectivity index (χ0) is 21.0. The summed E-state index contributed by atoms with van der Waals surface area (Å²) in [5.74, 6) is -0.363. The molecule has 0 atom stereocenters. The Balaban J connectivity index is 1.85. The van der Waals surface area contributed by atoms with Gasteiger partial charge in [0.1, 0.15) is 11.6 Å². The summed E-state index contributed by atoms with van der Waals surface area (Å²) in [7, 11) is 0. The van der Waals surface area contributed by atoms with Gasteiger partial charge in [0.05, 0.1) is 5.54 Å². The van der Waals surface area contributed by atoms with Crippen molar-refractivity contribution < 1.29 is 4.79 Å². The average Bonchev–Trinajstić information content (AvgIpc) is 2.71. The van der Waals surface area contributed by atoms with Crippen LogP contribution in [0.3, 0.4) is 0 Å². The third-order valence-corrected chi connectivity index (χ3v) is 5.29. The second-order valence-corrected chi connectivity index (χ2v) is 7.84. The summed E-state index contributed by atoms with van der Waals surface area (Å²) >= 11 is 0. The number of likely N-dealkylation sites (N-methyl/N-ethyl adjacent to an activating group) is 1. The summed E-state index contributed by atoms with van der Waals surface area (Å²) in [5, 5.41) is 12.3. The molecule has 2 aromatic carbocycles. The van der Waals surface area contributed by atoms with Crippen LogP contribution in [0.25, 0.3) is 11.6 Å². The molecule has 4 heteroatoms. The summed E-state index contributed by atoms with van der Waals surface area (Å²) in [4.78, 5) is 14.8. The summed E-state index contributed by atoms with van der Waals surface area (Å²) < 4.78 is 0. The molecule has 3 rings (SSSR count). The van der Waals surface area contributed by atoms with Gasteiger partial charge in [-0.1, -0.05) is 42.5 Å². The standard InChI is InChI=1S/C25H27N3O/c1-5-28-23-12-11-20(14-22(23)18(2)15-25(28,3)4)13-21(16-26)24(29)27-17-19-9-7-6-8-10-19/h6-15H,5,17H2,1-4H3,(H,27,29)/b21-13-. The highest BCUT2D eigenvalue weighted by atomic mass is 16.1. The Morgan fingerprint density at radius 1 is 1.21 bits per heavy atom. The van der Waals surface area contributed by atoms with Crippen molar-refractivity contribution in [2.75, 3.05) is 11.4 Å². The van der Waals surface area contributed by atoms with Crippen LogP contribution >= 0.6 is 0 Å². The van der Waals surface area contributed by atoms with E-state index in [2.05, 4.69) is 56.1 Å². The number of carbonyl (C=O) groups excluding carboxylic acids is 1. The average molecular weight is 386 g/mol. The van der Waals surface area contributed by atoms with Gasteiger partial charge in [0.25, 0.3) is 5.91 Å². The lowest BCUT2D eigenvalue weighted by Crippen LogP contribution is -2.44. The van der Waals surface area contributed by atoms with Crippen molar-refractivity contribution in [3.05, 3.63) is 76.9 Å². The minimum absolute atomic E-state index is 0.0433. The zero-order valence-corrected chi connectivity index (χ0v) is 17.5. The lowest BCUT2D eigenvalue weighted by Gasteiger charge is -2.42. The molecule has 1 aliphatic rings. The molecule has 1 N–H and O–H groups in total. The molecule has 148 valence electrons. The van der Waals surface area contributed by atoms with Crippen LogP contribution in [0, 0.1) is 11.3 Å². The fraction of sp³-hybridized carbons (Fsp3) is 0.280. The zero-order valence-electron chi connectivity index (χ0n) is 17.5. The van der Waals surface area contributed by atoms with E-state index in [1.165, 1.54) is 11.3 Å². The number of hydrogen-bond acceptors (Lipinski definition) is 3. The smallest absolute Gasteiger partial charge is 0.262 e. The maximum Gasteiger partial charge on any atom is 0.262 e. The van der Waals surface area contributed by atoms with Gasteiger partial charge in [0.15, 0.2) is 0 Å². The van der Waals surface area contributed by atoms with Crippen molar-refractivity contribution in [1.82, 2.24) is 5.32 Å². The SMILES string of the molecule is CCN1c2ccc(/C=C(/C#N)C(=O)NCc3ccccc3)cc2C(C)=CC1(C)C. The molecule has 0 aliphatic carbocycles. The number of rotatable bonds is 5. The van der Waals surface area contributed by atoms with Crippen molar-refractivity contribution in [1.29, 1.82) is 5.26 Å². The molecule has 4 nitrogen and oxygen atoms in total. The molecule has 0 saturated heterocycles. The fourth-order valence-corrected chi connectivity index (χ4v) is 3.96. The molecule has 0 unspecified atom stereocenters. The quantitative estimate of drug-likeness (QED) is 0.586. The fourth-order valence-electron chi connectivity index (χ4n) is 3.96. The first kappa shape index (κ1) is 20.4. The monoisotopic (exact) mass is 385 g/mol. The van der Waals surface area contributed by atoms with Crippen LogP contribution in [0.2, 0.25) is 0 Å². The van der Waals surface area contributed by atoms with Crippen molar-refractivity contribution >= 4 is 23.2 Å². The number of nitriles is 1. The highest BCUT2D eigenvalue weighted by Crippen LogP contribution is 2.39. The number of fused-ring (bicyclic) bond motifs is 1. The normalized spacial score (nSPS) is 15.2. The lowest BCUT2D eigenvalue weighted by molar-refractivity contribution is -0.117. The van der Waals surface area contributed by atoms with E-state index in [9.17, 15) is 10.1 Å². The molecule has 0 saturated carbocycles. The van der Waals surface area contributed by atoms with E-state index < -0.39 is 0 Å². The number of nitrogens with one attached hydrogen (secondary N) is 1. The number of anilines is 1. The van der Waals surface area contributed by atoms with E-state index in [-0.39, 0.29) is 17.0 Å².